The fourth-order valence-corrected chi connectivity index (χ4v) is 3.40. The molecule has 0 aliphatic carbocycles. The molecule has 1 fully saturated rings. The molecule has 19 heavy (non-hydrogen) atoms. The Hall–Kier alpha value is -0.360. The predicted octanol–water partition coefficient (Wildman–Crippen LogP) is 3.88. The second kappa shape index (κ2) is 6.88. The Bertz CT molecular complexity index is 351. The first kappa shape index (κ1) is 16.7. The lowest BCUT2D eigenvalue weighted by Crippen LogP contribution is -2.23. The molecule has 0 amide bonds. The maximum Gasteiger partial charge on any atom is 0.415 e. The third-order valence-corrected chi connectivity index (χ3v) is 4.35. The molecule has 1 rings (SSSR count). The van der Waals surface area contributed by atoms with Gasteiger partial charge in [0.1, 0.15) is 0 Å². The van der Waals surface area contributed by atoms with Crippen LogP contribution in [0.2, 0.25) is 0 Å². The SMILES string of the molecule is CCOP(=O)(/C=C(/C1CCCO1)C(F)(F)F)OCC. The number of ether oxygens (including phenoxy) is 1. The van der Waals surface area contributed by atoms with Gasteiger partial charge < -0.3 is 13.8 Å². The van der Waals surface area contributed by atoms with E-state index in [0.717, 1.165) is 0 Å². The van der Waals surface area contributed by atoms with E-state index in [4.69, 9.17) is 13.8 Å². The number of rotatable bonds is 6. The molecule has 0 aromatic rings. The lowest BCUT2D eigenvalue weighted by Gasteiger charge is -2.20. The molecule has 1 heterocycles. The van der Waals surface area contributed by atoms with E-state index in [2.05, 4.69) is 0 Å². The number of alkyl halides is 3. The van der Waals surface area contributed by atoms with Gasteiger partial charge in [0, 0.05) is 12.4 Å². The van der Waals surface area contributed by atoms with Crippen molar-refractivity contribution in [2.24, 2.45) is 0 Å². The van der Waals surface area contributed by atoms with E-state index in [9.17, 15) is 17.7 Å². The zero-order valence-electron chi connectivity index (χ0n) is 10.9. The van der Waals surface area contributed by atoms with Crippen LogP contribution in [-0.4, -0.2) is 32.1 Å². The van der Waals surface area contributed by atoms with E-state index in [1.807, 2.05) is 0 Å². The van der Waals surface area contributed by atoms with Gasteiger partial charge in [-0.05, 0) is 26.7 Å². The van der Waals surface area contributed by atoms with E-state index in [1.165, 1.54) is 0 Å². The minimum atomic E-state index is -4.61. The van der Waals surface area contributed by atoms with E-state index in [1.54, 1.807) is 13.8 Å². The van der Waals surface area contributed by atoms with Gasteiger partial charge in [0.15, 0.2) is 0 Å². The fraction of sp³-hybridized carbons (Fsp3) is 0.818. The Morgan fingerprint density at radius 1 is 1.37 bits per heavy atom. The second-order valence-electron chi connectivity index (χ2n) is 3.96. The van der Waals surface area contributed by atoms with E-state index >= 15 is 0 Å². The Morgan fingerprint density at radius 2 is 1.95 bits per heavy atom. The van der Waals surface area contributed by atoms with Crippen LogP contribution in [0.1, 0.15) is 26.7 Å². The van der Waals surface area contributed by atoms with Gasteiger partial charge in [-0.25, -0.2) is 0 Å². The van der Waals surface area contributed by atoms with Crippen LogP contribution in [-0.2, 0) is 18.3 Å². The Balaban J connectivity index is 3.06. The summed E-state index contributed by atoms with van der Waals surface area (Å²) in [6.07, 6.45) is -4.90. The number of hydrogen-bond donors (Lipinski definition) is 0. The number of halogens is 3. The second-order valence-corrected chi connectivity index (χ2v) is 5.81. The van der Waals surface area contributed by atoms with Crippen LogP contribution in [0.3, 0.4) is 0 Å². The lowest BCUT2D eigenvalue weighted by molar-refractivity contribution is -0.106. The monoisotopic (exact) mass is 302 g/mol. The molecule has 8 heteroatoms. The Morgan fingerprint density at radius 3 is 2.32 bits per heavy atom. The van der Waals surface area contributed by atoms with Crippen LogP contribution in [0.25, 0.3) is 0 Å². The van der Waals surface area contributed by atoms with Crippen molar-refractivity contribution in [3.05, 3.63) is 11.4 Å². The molecule has 1 saturated heterocycles. The minimum Gasteiger partial charge on any atom is -0.374 e. The highest BCUT2D eigenvalue weighted by molar-refractivity contribution is 7.57. The van der Waals surface area contributed by atoms with Gasteiger partial charge in [-0.15, -0.1) is 0 Å². The first-order chi connectivity index (χ1) is 8.82. The van der Waals surface area contributed by atoms with E-state index < -0.39 is 25.4 Å². The third kappa shape index (κ3) is 4.91. The van der Waals surface area contributed by atoms with E-state index in [-0.39, 0.29) is 26.2 Å². The topological polar surface area (TPSA) is 44.8 Å². The van der Waals surface area contributed by atoms with Crippen LogP contribution < -0.4 is 0 Å². The molecule has 0 spiro atoms. The predicted molar refractivity (Wildman–Crippen MR) is 64.0 cm³/mol. The summed E-state index contributed by atoms with van der Waals surface area (Å²) >= 11 is 0. The summed E-state index contributed by atoms with van der Waals surface area (Å²) in [5.74, 6) is 0.565. The average Bonchev–Trinajstić information content (AvgIpc) is 2.78. The molecule has 4 nitrogen and oxygen atoms in total. The molecule has 0 aromatic carbocycles. The van der Waals surface area contributed by atoms with Gasteiger partial charge in [-0.1, -0.05) is 0 Å². The summed E-state index contributed by atoms with van der Waals surface area (Å²) in [5.41, 5.74) is -0.977. The first-order valence-electron chi connectivity index (χ1n) is 6.12. The van der Waals surface area contributed by atoms with Crippen LogP contribution in [0.15, 0.2) is 11.4 Å². The maximum absolute atomic E-state index is 13.0. The standard InChI is InChI=1S/C11H18F3O4P/c1-3-17-19(15,18-4-2)8-9(11(12,13)14)10-6-5-7-16-10/h8,10H,3-7H2,1-2H3/b9-8-. The number of hydrogen-bond acceptors (Lipinski definition) is 4. The fourth-order valence-electron chi connectivity index (χ4n) is 1.80. The van der Waals surface area contributed by atoms with Crippen molar-refractivity contribution in [3.63, 3.8) is 0 Å². The van der Waals surface area contributed by atoms with Gasteiger partial charge in [0.05, 0.1) is 24.9 Å². The summed E-state index contributed by atoms with van der Waals surface area (Å²) in [6.45, 7) is 3.36. The molecule has 0 aromatic heterocycles. The zero-order chi connectivity index (χ0) is 14.5. The van der Waals surface area contributed by atoms with Gasteiger partial charge in [-0.2, -0.15) is 13.2 Å². The molecule has 1 atom stereocenters. The average molecular weight is 302 g/mol. The van der Waals surface area contributed by atoms with Crippen molar-refractivity contribution in [1.82, 2.24) is 0 Å². The molecular formula is C11H18F3O4P. The summed E-state index contributed by atoms with van der Waals surface area (Å²) in [6, 6.07) is 0. The molecule has 1 aliphatic heterocycles. The summed E-state index contributed by atoms with van der Waals surface area (Å²) in [4.78, 5) is 0. The maximum atomic E-state index is 13.0. The van der Waals surface area contributed by atoms with Crippen molar-refractivity contribution in [2.45, 2.75) is 39.0 Å². The van der Waals surface area contributed by atoms with Gasteiger partial charge in [-0.3, -0.25) is 4.57 Å². The molecule has 112 valence electrons. The normalized spacial score (nSPS) is 21.9. The minimum absolute atomic E-state index is 0.00440. The van der Waals surface area contributed by atoms with Gasteiger partial charge >= 0.3 is 13.8 Å². The summed E-state index contributed by atoms with van der Waals surface area (Å²) in [5, 5.41) is 0. The van der Waals surface area contributed by atoms with E-state index in [0.29, 0.717) is 12.2 Å². The third-order valence-electron chi connectivity index (χ3n) is 2.52. The van der Waals surface area contributed by atoms with Crippen molar-refractivity contribution in [1.29, 1.82) is 0 Å². The summed E-state index contributed by atoms with van der Waals surface area (Å²) < 4.78 is 65.9. The molecule has 0 bridgehead atoms. The smallest absolute Gasteiger partial charge is 0.374 e. The van der Waals surface area contributed by atoms with Crippen molar-refractivity contribution >= 4 is 7.60 Å². The zero-order valence-corrected chi connectivity index (χ0v) is 11.8. The van der Waals surface area contributed by atoms with Crippen molar-refractivity contribution < 1.29 is 31.5 Å². The highest BCUT2D eigenvalue weighted by Gasteiger charge is 2.43. The van der Waals surface area contributed by atoms with Gasteiger partial charge in [0.2, 0.25) is 0 Å². The quantitative estimate of drug-likeness (QED) is 0.699. The molecule has 0 N–H and O–H groups in total. The largest absolute Gasteiger partial charge is 0.415 e. The van der Waals surface area contributed by atoms with Gasteiger partial charge in [0.25, 0.3) is 0 Å². The molecule has 0 saturated carbocycles. The molecule has 1 unspecified atom stereocenters. The Kier molecular flexibility index (Phi) is 6.05. The van der Waals surface area contributed by atoms with Crippen LogP contribution in [0.5, 0.6) is 0 Å². The lowest BCUT2D eigenvalue weighted by atomic mass is 10.1. The highest BCUT2D eigenvalue weighted by Crippen LogP contribution is 2.53. The molecule has 0 radical (unpaired) electrons. The first-order valence-corrected chi connectivity index (χ1v) is 7.74. The summed E-state index contributed by atoms with van der Waals surface area (Å²) in [7, 11) is -3.89. The molecule has 1 aliphatic rings. The van der Waals surface area contributed by atoms with Crippen LogP contribution in [0.4, 0.5) is 13.2 Å². The highest BCUT2D eigenvalue weighted by atomic mass is 31.2. The van der Waals surface area contributed by atoms with Crippen molar-refractivity contribution in [2.75, 3.05) is 19.8 Å². The van der Waals surface area contributed by atoms with Crippen molar-refractivity contribution in [3.8, 4) is 0 Å². The Labute approximate surface area is 110 Å². The molecular weight excluding hydrogens is 284 g/mol. The van der Waals surface area contributed by atoms with Crippen LogP contribution >= 0.6 is 7.60 Å². The van der Waals surface area contributed by atoms with Crippen LogP contribution in [0, 0.1) is 0 Å².